The van der Waals surface area contributed by atoms with E-state index in [-0.39, 0.29) is 0 Å². The number of aromatic nitrogens is 3. The van der Waals surface area contributed by atoms with Gasteiger partial charge in [-0.1, -0.05) is 6.07 Å². The summed E-state index contributed by atoms with van der Waals surface area (Å²) in [6.45, 7) is 3.96. The predicted octanol–water partition coefficient (Wildman–Crippen LogP) is 2.61. The topological polar surface area (TPSA) is 53.9 Å². The lowest BCUT2D eigenvalue weighted by molar-refractivity contribution is 0.498. The van der Waals surface area contributed by atoms with Gasteiger partial charge in [-0.25, -0.2) is 15.0 Å². The number of hydrogen-bond acceptors (Lipinski definition) is 5. The molecule has 5 nitrogen and oxygen atoms in total. The summed E-state index contributed by atoms with van der Waals surface area (Å²) in [6.07, 6.45) is 4.18. The van der Waals surface area contributed by atoms with E-state index in [0.717, 1.165) is 36.2 Å². The van der Waals surface area contributed by atoms with Gasteiger partial charge >= 0.3 is 0 Å². The predicted molar refractivity (Wildman–Crippen MR) is 84.7 cm³/mol. The maximum absolute atomic E-state index is 4.69. The monoisotopic (exact) mass is 283 g/mol. The SMILES string of the molecule is CNc1cccc([C@H]2CCCN(c3ccnc(C)n3)C2)n1. The van der Waals surface area contributed by atoms with Crippen molar-refractivity contribution in [3.63, 3.8) is 0 Å². The number of aryl methyl sites for hydroxylation is 1. The maximum Gasteiger partial charge on any atom is 0.132 e. The fourth-order valence-electron chi connectivity index (χ4n) is 2.86. The molecule has 0 aromatic carbocycles. The van der Waals surface area contributed by atoms with Gasteiger partial charge in [-0.2, -0.15) is 0 Å². The first-order valence-corrected chi connectivity index (χ1v) is 7.45. The molecule has 110 valence electrons. The largest absolute Gasteiger partial charge is 0.373 e. The van der Waals surface area contributed by atoms with Crippen molar-refractivity contribution in [3.8, 4) is 0 Å². The molecule has 1 aliphatic rings. The van der Waals surface area contributed by atoms with Gasteiger partial charge in [-0.3, -0.25) is 0 Å². The van der Waals surface area contributed by atoms with Crippen LogP contribution in [0, 0.1) is 6.92 Å². The van der Waals surface area contributed by atoms with Gasteiger partial charge in [0.25, 0.3) is 0 Å². The molecule has 1 saturated heterocycles. The Bertz CT molecular complexity index is 613. The molecule has 1 N–H and O–H groups in total. The van der Waals surface area contributed by atoms with Gasteiger partial charge in [0.1, 0.15) is 17.5 Å². The minimum atomic E-state index is 0.460. The Kier molecular flexibility index (Phi) is 3.99. The van der Waals surface area contributed by atoms with Crippen LogP contribution in [0.3, 0.4) is 0 Å². The molecular weight excluding hydrogens is 262 g/mol. The van der Waals surface area contributed by atoms with Gasteiger partial charge in [0.2, 0.25) is 0 Å². The van der Waals surface area contributed by atoms with E-state index in [4.69, 9.17) is 4.98 Å². The van der Waals surface area contributed by atoms with Crippen molar-refractivity contribution < 1.29 is 0 Å². The highest BCUT2D eigenvalue weighted by molar-refractivity contribution is 5.40. The molecule has 5 heteroatoms. The van der Waals surface area contributed by atoms with Crippen LogP contribution < -0.4 is 10.2 Å². The number of hydrogen-bond donors (Lipinski definition) is 1. The summed E-state index contributed by atoms with van der Waals surface area (Å²) < 4.78 is 0. The molecule has 1 fully saturated rings. The van der Waals surface area contributed by atoms with Gasteiger partial charge < -0.3 is 10.2 Å². The Balaban J connectivity index is 1.79. The van der Waals surface area contributed by atoms with E-state index >= 15 is 0 Å². The van der Waals surface area contributed by atoms with Gasteiger partial charge in [-0.15, -0.1) is 0 Å². The first kappa shape index (κ1) is 13.8. The lowest BCUT2D eigenvalue weighted by atomic mass is 9.94. The highest BCUT2D eigenvalue weighted by atomic mass is 15.2. The molecule has 0 saturated carbocycles. The zero-order chi connectivity index (χ0) is 14.7. The Morgan fingerprint density at radius 2 is 2.14 bits per heavy atom. The summed E-state index contributed by atoms with van der Waals surface area (Å²) in [7, 11) is 1.91. The molecule has 0 amide bonds. The Hall–Kier alpha value is -2.17. The molecule has 0 bridgehead atoms. The normalized spacial score (nSPS) is 18.6. The highest BCUT2D eigenvalue weighted by Crippen LogP contribution is 2.28. The molecule has 3 heterocycles. The van der Waals surface area contributed by atoms with Crippen LogP contribution in [0.15, 0.2) is 30.5 Å². The summed E-state index contributed by atoms with van der Waals surface area (Å²) in [4.78, 5) is 15.8. The van der Waals surface area contributed by atoms with E-state index in [0.29, 0.717) is 5.92 Å². The van der Waals surface area contributed by atoms with Crippen LogP contribution in [-0.4, -0.2) is 35.1 Å². The first-order valence-electron chi connectivity index (χ1n) is 7.45. The van der Waals surface area contributed by atoms with Crippen LogP contribution in [0.25, 0.3) is 0 Å². The average Bonchev–Trinajstić information content (AvgIpc) is 2.55. The average molecular weight is 283 g/mol. The van der Waals surface area contributed by atoms with Gasteiger partial charge in [0, 0.05) is 37.9 Å². The molecule has 2 aromatic rings. The number of pyridine rings is 1. The van der Waals surface area contributed by atoms with Crippen molar-refractivity contribution in [1.82, 2.24) is 15.0 Å². The maximum atomic E-state index is 4.69. The third-order valence-electron chi connectivity index (χ3n) is 3.95. The van der Waals surface area contributed by atoms with Gasteiger partial charge in [0.05, 0.1) is 0 Å². The molecule has 0 aliphatic carbocycles. The van der Waals surface area contributed by atoms with Crippen molar-refractivity contribution in [2.75, 3.05) is 30.4 Å². The summed E-state index contributed by atoms with van der Waals surface area (Å²) in [5.74, 6) is 3.24. The molecule has 21 heavy (non-hydrogen) atoms. The second kappa shape index (κ2) is 6.08. The Morgan fingerprint density at radius 1 is 1.24 bits per heavy atom. The van der Waals surface area contributed by atoms with Crippen LogP contribution >= 0.6 is 0 Å². The second-order valence-corrected chi connectivity index (χ2v) is 5.44. The lowest BCUT2D eigenvalue weighted by Crippen LogP contribution is -2.35. The van der Waals surface area contributed by atoms with Crippen LogP contribution in [-0.2, 0) is 0 Å². The number of nitrogens with one attached hydrogen (secondary N) is 1. The molecule has 0 unspecified atom stereocenters. The van der Waals surface area contributed by atoms with Gasteiger partial charge in [-0.05, 0) is 38.0 Å². The zero-order valence-corrected chi connectivity index (χ0v) is 12.6. The number of rotatable bonds is 3. The van der Waals surface area contributed by atoms with Crippen molar-refractivity contribution in [2.45, 2.75) is 25.7 Å². The first-order chi connectivity index (χ1) is 10.3. The molecule has 3 rings (SSSR count). The number of nitrogens with zero attached hydrogens (tertiary/aromatic N) is 4. The third kappa shape index (κ3) is 3.12. The highest BCUT2D eigenvalue weighted by Gasteiger charge is 2.23. The van der Waals surface area contributed by atoms with Crippen LogP contribution in [0.4, 0.5) is 11.6 Å². The Labute approximate surface area is 125 Å². The molecule has 0 spiro atoms. The van der Waals surface area contributed by atoms with E-state index < -0.39 is 0 Å². The quantitative estimate of drug-likeness (QED) is 0.938. The van der Waals surface area contributed by atoms with Crippen LogP contribution in [0.2, 0.25) is 0 Å². The molecular formula is C16H21N5. The molecule has 0 radical (unpaired) electrons. The van der Waals surface area contributed by atoms with E-state index in [9.17, 15) is 0 Å². The van der Waals surface area contributed by atoms with Crippen molar-refractivity contribution in [2.24, 2.45) is 0 Å². The van der Waals surface area contributed by atoms with Crippen LogP contribution in [0.1, 0.15) is 30.3 Å². The molecule has 2 aromatic heterocycles. The molecule has 1 aliphatic heterocycles. The summed E-state index contributed by atoms with van der Waals surface area (Å²) in [5, 5.41) is 3.11. The van der Waals surface area contributed by atoms with E-state index in [2.05, 4.69) is 32.3 Å². The fraction of sp³-hybridized carbons (Fsp3) is 0.438. The van der Waals surface area contributed by atoms with Crippen molar-refractivity contribution in [1.29, 1.82) is 0 Å². The zero-order valence-electron chi connectivity index (χ0n) is 12.6. The summed E-state index contributed by atoms with van der Waals surface area (Å²) in [5.41, 5.74) is 1.16. The summed E-state index contributed by atoms with van der Waals surface area (Å²) in [6, 6.07) is 8.19. The number of anilines is 2. The van der Waals surface area contributed by atoms with E-state index in [1.165, 1.54) is 12.8 Å². The minimum absolute atomic E-state index is 0.460. The minimum Gasteiger partial charge on any atom is -0.373 e. The Morgan fingerprint density at radius 3 is 2.95 bits per heavy atom. The fourth-order valence-corrected chi connectivity index (χ4v) is 2.86. The standard InChI is InChI=1S/C16H21N5/c1-12-18-9-8-16(19-12)21-10-4-5-13(11-21)14-6-3-7-15(17-2)20-14/h3,6-9,13H,4-5,10-11H2,1-2H3,(H,17,20)/t13-/m0/s1. The summed E-state index contributed by atoms with van der Waals surface area (Å²) >= 11 is 0. The van der Waals surface area contributed by atoms with Crippen molar-refractivity contribution in [3.05, 3.63) is 42.0 Å². The van der Waals surface area contributed by atoms with Crippen LogP contribution in [0.5, 0.6) is 0 Å². The smallest absolute Gasteiger partial charge is 0.132 e. The van der Waals surface area contributed by atoms with E-state index in [1.807, 2.05) is 32.3 Å². The second-order valence-electron chi connectivity index (χ2n) is 5.44. The van der Waals surface area contributed by atoms with E-state index in [1.54, 1.807) is 0 Å². The van der Waals surface area contributed by atoms with Crippen molar-refractivity contribution >= 4 is 11.6 Å². The lowest BCUT2D eigenvalue weighted by Gasteiger charge is -2.33. The van der Waals surface area contributed by atoms with Gasteiger partial charge in [0.15, 0.2) is 0 Å². The molecule has 1 atom stereocenters. The third-order valence-corrected chi connectivity index (χ3v) is 3.95. The number of piperidine rings is 1.